The molecule has 1 aliphatic carbocycles. The summed E-state index contributed by atoms with van der Waals surface area (Å²) < 4.78 is 14.9. The summed E-state index contributed by atoms with van der Waals surface area (Å²) in [4.78, 5) is 0. The van der Waals surface area contributed by atoms with Crippen LogP contribution in [0.5, 0.6) is 0 Å². The number of aromatic nitrogens is 2. The third kappa shape index (κ3) is 4.39. The van der Waals surface area contributed by atoms with Crippen molar-refractivity contribution >= 4 is 0 Å². The molecule has 0 spiro atoms. The van der Waals surface area contributed by atoms with Crippen molar-refractivity contribution in [3.8, 4) is 0 Å². The van der Waals surface area contributed by atoms with Crippen LogP contribution < -0.4 is 5.32 Å². The van der Waals surface area contributed by atoms with Gasteiger partial charge in [0.05, 0.1) is 6.20 Å². The van der Waals surface area contributed by atoms with Gasteiger partial charge in [0.1, 0.15) is 5.82 Å². The summed E-state index contributed by atoms with van der Waals surface area (Å²) in [6.45, 7) is 1.01. The zero-order valence-electron chi connectivity index (χ0n) is 12.4. The smallest absolute Gasteiger partial charge is 0.123 e. The first kappa shape index (κ1) is 14.3. The van der Waals surface area contributed by atoms with Gasteiger partial charge in [-0.3, -0.25) is 4.68 Å². The van der Waals surface area contributed by atoms with E-state index in [1.807, 2.05) is 30.1 Å². The second-order valence-corrected chi connectivity index (χ2v) is 6.11. The van der Waals surface area contributed by atoms with Gasteiger partial charge in [0.2, 0.25) is 0 Å². The van der Waals surface area contributed by atoms with E-state index in [1.54, 1.807) is 12.1 Å². The molecule has 0 bridgehead atoms. The fourth-order valence-electron chi connectivity index (χ4n) is 2.70. The van der Waals surface area contributed by atoms with E-state index < -0.39 is 0 Å². The number of nitrogens with zero attached hydrogens (tertiary/aromatic N) is 2. The van der Waals surface area contributed by atoms with Gasteiger partial charge in [-0.2, -0.15) is 5.10 Å². The Morgan fingerprint density at radius 1 is 1.24 bits per heavy atom. The van der Waals surface area contributed by atoms with E-state index in [0.717, 1.165) is 25.4 Å². The average molecular weight is 287 g/mol. The molecule has 1 aromatic carbocycles. The van der Waals surface area contributed by atoms with Gasteiger partial charge in [0, 0.05) is 19.3 Å². The highest BCUT2D eigenvalue weighted by Gasteiger charge is 2.22. The summed E-state index contributed by atoms with van der Waals surface area (Å²) in [5.41, 5.74) is 2.46. The molecule has 3 nitrogen and oxygen atoms in total. The largest absolute Gasteiger partial charge is 0.314 e. The van der Waals surface area contributed by atoms with Gasteiger partial charge in [-0.25, -0.2) is 4.39 Å². The fourth-order valence-corrected chi connectivity index (χ4v) is 2.70. The lowest BCUT2D eigenvalue weighted by Gasteiger charge is -2.17. The molecule has 1 unspecified atom stereocenters. The Bertz CT molecular complexity index is 572. The molecule has 1 aliphatic rings. The number of nitrogens with one attached hydrogen (secondary N) is 1. The highest BCUT2D eigenvalue weighted by molar-refractivity contribution is 5.17. The third-order valence-corrected chi connectivity index (χ3v) is 3.99. The van der Waals surface area contributed by atoms with Gasteiger partial charge >= 0.3 is 0 Å². The minimum absolute atomic E-state index is 0.168. The summed E-state index contributed by atoms with van der Waals surface area (Å²) in [6.07, 6.45) is 8.59. The molecule has 1 fully saturated rings. The molecule has 112 valence electrons. The number of benzene rings is 1. The van der Waals surface area contributed by atoms with Crippen molar-refractivity contribution in [2.24, 2.45) is 13.0 Å². The zero-order chi connectivity index (χ0) is 14.7. The predicted octanol–water partition coefficient (Wildman–Crippen LogP) is 2.71. The Hall–Kier alpha value is -1.68. The maximum absolute atomic E-state index is 13.0. The van der Waals surface area contributed by atoms with Crippen LogP contribution in [0.25, 0.3) is 0 Å². The monoisotopic (exact) mass is 287 g/mol. The summed E-state index contributed by atoms with van der Waals surface area (Å²) in [7, 11) is 1.95. The van der Waals surface area contributed by atoms with Crippen molar-refractivity contribution < 1.29 is 4.39 Å². The maximum atomic E-state index is 13.0. The number of halogens is 1. The first-order valence-corrected chi connectivity index (χ1v) is 7.64. The molecule has 1 saturated carbocycles. The molecule has 21 heavy (non-hydrogen) atoms. The third-order valence-electron chi connectivity index (χ3n) is 3.99. The van der Waals surface area contributed by atoms with E-state index >= 15 is 0 Å². The maximum Gasteiger partial charge on any atom is 0.123 e. The van der Waals surface area contributed by atoms with Crippen molar-refractivity contribution in [3.05, 3.63) is 53.6 Å². The number of hydrogen-bond donors (Lipinski definition) is 1. The van der Waals surface area contributed by atoms with Crippen molar-refractivity contribution in [2.45, 2.75) is 31.7 Å². The fraction of sp³-hybridized carbons (Fsp3) is 0.471. The van der Waals surface area contributed by atoms with Crippen LogP contribution in [0.1, 0.15) is 24.0 Å². The standard InChI is InChI=1S/C17H22FN3/c1-21-12-15(11-20-21)9-14(10-19-17-6-7-17)8-13-2-4-16(18)5-3-13/h2-5,11-12,14,17,19H,6-10H2,1H3. The van der Waals surface area contributed by atoms with Crippen LogP contribution in [0.3, 0.4) is 0 Å². The average Bonchev–Trinajstić information content (AvgIpc) is 3.21. The molecule has 0 amide bonds. The molecular formula is C17H22FN3. The van der Waals surface area contributed by atoms with Gasteiger partial charge in [-0.15, -0.1) is 0 Å². The lowest BCUT2D eigenvalue weighted by Crippen LogP contribution is -2.27. The molecule has 1 heterocycles. The van der Waals surface area contributed by atoms with Crippen LogP contribution in [-0.2, 0) is 19.9 Å². The second kappa shape index (κ2) is 6.39. The van der Waals surface area contributed by atoms with Crippen LogP contribution in [0, 0.1) is 11.7 Å². The van der Waals surface area contributed by atoms with Gasteiger partial charge < -0.3 is 5.32 Å². The molecule has 2 aromatic rings. The highest BCUT2D eigenvalue weighted by atomic mass is 19.1. The highest BCUT2D eigenvalue weighted by Crippen LogP contribution is 2.21. The summed E-state index contributed by atoms with van der Waals surface area (Å²) in [5.74, 6) is 0.346. The molecule has 0 radical (unpaired) electrons. The van der Waals surface area contributed by atoms with E-state index in [1.165, 1.54) is 24.0 Å². The lowest BCUT2D eigenvalue weighted by atomic mass is 9.93. The van der Waals surface area contributed by atoms with Crippen LogP contribution in [0.2, 0.25) is 0 Å². The van der Waals surface area contributed by atoms with Gasteiger partial charge in [-0.1, -0.05) is 12.1 Å². The lowest BCUT2D eigenvalue weighted by molar-refractivity contribution is 0.468. The van der Waals surface area contributed by atoms with Crippen molar-refractivity contribution in [1.29, 1.82) is 0 Å². The molecule has 4 heteroatoms. The summed E-state index contributed by atoms with van der Waals surface area (Å²) >= 11 is 0. The van der Waals surface area contributed by atoms with E-state index in [4.69, 9.17) is 0 Å². The molecular weight excluding hydrogens is 265 g/mol. The number of rotatable bonds is 7. The Kier molecular flexibility index (Phi) is 4.34. The molecule has 0 saturated heterocycles. The van der Waals surface area contributed by atoms with E-state index in [0.29, 0.717) is 5.92 Å². The quantitative estimate of drug-likeness (QED) is 0.848. The Balaban J connectivity index is 1.63. The van der Waals surface area contributed by atoms with Crippen LogP contribution >= 0.6 is 0 Å². The molecule has 1 N–H and O–H groups in total. The van der Waals surface area contributed by atoms with Crippen LogP contribution in [-0.4, -0.2) is 22.4 Å². The van der Waals surface area contributed by atoms with Crippen molar-refractivity contribution in [2.75, 3.05) is 6.54 Å². The van der Waals surface area contributed by atoms with E-state index in [2.05, 4.69) is 16.6 Å². The van der Waals surface area contributed by atoms with Crippen molar-refractivity contribution in [1.82, 2.24) is 15.1 Å². The number of hydrogen-bond acceptors (Lipinski definition) is 2. The van der Waals surface area contributed by atoms with Gasteiger partial charge in [0.25, 0.3) is 0 Å². The first-order valence-electron chi connectivity index (χ1n) is 7.64. The van der Waals surface area contributed by atoms with E-state index in [-0.39, 0.29) is 5.82 Å². The second-order valence-electron chi connectivity index (χ2n) is 6.11. The van der Waals surface area contributed by atoms with Crippen molar-refractivity contribution in [3.63, 3.8) is 0 Å². The zero-order valence-corrected chi connectivity index (χ0v) is 12.4. The number of aryl methyl sites for hydroxylation is 1. The minimum Gasteiger partial charge on any atom is -0.314 e. The van der Waals surface area contributed by atoms with E-state index in [9.17, 15) is 4.39 Å². The minimum atomic E-state index is -0.168. The van der Waals surface area contributed by atoms with Crippen LogP contribution in [0.15, 0.2) is 36.7 Å². The van der Waals surface area contributed by atoms with Gasteiger partial charge in [0.15, 0.2) is 0 Å². The molecule has 0 aliphatic heterocycles. The summed E-state index contributed by atoms with van der Waals surface area (Å²) in [6, 6.07) is 7.59. The van der Waals surface area contributed by atoms with Crippen LogP contribution in [0.4, 0.5) is 4.39 Å². The predicted molar refractivity (Wildman–Crippen MR) is 81.5 cm³/mol. The molecule has 1 aromatic heterocycles. The molecule has 3 rings (SSSR count). The SMILES string of the molecule is Cn1cc(CC(CNC2CC2)Cc2ccc(F)cc2)cn1. The first-order chi connectivity index (χ1) is 10.2. The topological polar surface area (TPSA) is 29.9 Å². The Morgan fingerprint density at radius 3 is 2.57 bits per heavy atom. The Labute approximate surface area is 125 Å². The van der Waals surface area contributed by atoms with Gasteiger partial charge in [-0.05, 0) is 61.4 Å². The molecule has 1 atom stereocenters. The normalized spacial score (nSPS) is 16.1. The summed E-state index contributed by atoms with van der Waals surface area (Å²) in [5, 5.41) is 7.86. The Morgan fingerprint density at radius 2 is 1.95 bits per heavy atom.